The molecule has 1 aliphatic heterocycles. The first kappa shape index (κ1) is 30.8. The summed E-state index contributed by atoms with van der Waals surface area (Å²) < 4.78 is 9.68. The zero-order valence-corrected chi connectivity index (χ0v) is 22.1. The lowest BCUT2D eigenvalue weighted by Crippen LogP contribution is -2.33. The van der Waals surface area contributed by atoms with E-state index in [9.17, 15) is 24.7 Å². The Kier molecular flexibility index (Phi) is 14.5. The molecular weight excluding hydrogens is 450 g/mol. The Balaban J connectivity index is 2.18. The first-order valence-corrected chi connectivity index (χ1v) is 13.0. The first-order valence-electron chi connectivity index (χ1n) is 13.0. The highest BCUT2D eigenvalue weighted by atomic mass is 16.6. The molecule has 0 aliphatic carbocycles. The zero-order chi connectivity index (χ0) is 26.4. The van der Waals surface area contributed by atoms with Crippen LogP contribution in [0, 0.1) is 22.7 Å². The number of allylic oxidation sites excluding steroid dienone is 1. The second-order valence-electron chi connectivity index (χ2n) is 10.5. The molecule has 0 aromatic carbocycles. The third-order valence-corrected chi connectivity index (χ3v) is 6.55. The molecule has 0 aromatic rings. The topological polar surface area (TPSA) is 122 Å². The summed E-state index contributed by atoms with van der Waals surface area (Å²) in [5, 5.41) is 22.1. The Hall–Kier alpha value is -2.22. The van der Waals surface area contributed by atoms with Crippen molar-refractivity contribution in [1.29, 1.82) is 0 Å². The summed E-state index contributed by atoms with van der Waals surface area (Å²) >= 11 is 0. The second-order valence-corrected chi connectivity index (χ2v) is 10.5. The molecule has 2 N–H and O–H groups in total. The number of carbonyl (C=O) groups excluding carboxylic acids is 2. The molecule has 0 aromatic heterocycles. The number of ether oxygens (including phenoxy) is 2. The zero-order valence-electron chi connectivity index (χ0n) is 22.1. The van der Waals surface area contributed by atoms with Gasteiger partial charge in [0.2, 0.25) is 5.70 Å². The van der Waals surface area contributed by atoms with Crippen LogP contribution < -0.4 is 0 Å². The van der Waals surface area contributed by atoms with Crippen molar-refractivity contribution in [3.63, 3.8) is 0 Å². The molecule has 0 saturated carbocycles. The average Bonchev–Trinajstić information content (AvgIpc) is 3.08. The molecule has 4 unspecified atom stereocenters. The maximum Gasteiger partial charge on any atom is 0.365 e. The van der Waals surface area contributed by atoms with Crippen LogP contribution in [-0.2, 0) is 19.1 Å². The van der Waals surface area contributed by atoms with Gasteiger partial charge in [-0.05, 0) is 42.7 Å². The quantitative estimate of drug-likeness (QED) is 0.133. The molecule has 35 heavy (non-hydrogen) atoms. The third-order valence-electron chi connectivity index (χ3n) is 6.55. The highest BCUT2D eigenvalue weighted by Crippen LogP contribution is 2.24. The number of aliphatic hydroxyl groups is 2. The minimum absolute atomic E-state index is 0.0657. The Morgan fingerprint density at radius 2 is 1.63 bits per heavy atom. The van der Waals surface area contributed by atoms with Crippen LogP contribution >= 0.6 is 0 Å². The van der Waals surface area contributed by atoms with Crippen molar-refractivity contribution in [2.75, 3.05) is 6.61 Å². The standard InChI is InChI=1S/C27H45NO7/c1-18(2)9-6-10-19(3)11-7-12-20(4)13-8-14-21(5)15-16-23(30)34-17-22(29)26-25(31)24(28-33)27(32)35-26/h15,18-20,22,26,29,31H,6-14,16-17H2,1-5H3/b21-15+. The van der Waals surface area contributed by atoms with Crippen molar-refractivity contribution in [1.82, 2.24) is 0 Å². The number of hydrogen-bond acceptors (Lipinski definition) is 8. The van der Waals surface area contributed by atoms with Gasteiger partial charge in [-0.15, -0.1) is 4.91 Å². The van der Waals surface area contributed by atoms with E-state index in [0.29, 0.717) is 5.92 Å². The molecule has 0 bridgehead atoms. The van der Waals surface area contributed by atoms with Crippen LogP contribution in [0.4, 0.5) is 0 Å². The monoisotopic (exact) mass is 495 g/mol. The predicted octanol–water partition coefficient (Wildman–Crippen LogP) is 6.13. The fourth-order valence-corrected chi connectivity index (χ4v) is 4.20. The lowest BCUT2D eigenvalue weighted by atomic mass is 9.91. The van der Waals surface area contributed by atoms with E-state index in [1.807, 2.05) is 13.0 Å². The molecule has 0 amide bonds. The van der Waals surface area contributed by atoms with Gasteiger partial charge in [-0.2, -0.15) is 0 Å². The van der Waals surface area contributed by atoms with Crippen molar-refractivity contribution in [3.05, 3.63) is 28.0 Å². The Morgan fingerprint density at radius 1 is 1.06 bits per heavy atom. The van der Waals surface area contributed by atoms with Gasteiger partial charge >= 0.3 is 11.9 Å². The van der Waals surface area contributed by atoms with Crippen molar-refractivity contribution in [2.24, 2.45) is 22.9 Å². The number of aliphatic hydroxyl groups excluding tert-OH is 2. The van der Waals surface area contributed by atoms with E-state index in [-0.39, 0.29) is 6.42 Å². The van der Waals surface area contributed by atoms with Crippen LogP contribution in [0.2, 0.25) is 0 Å². The molecular formula is C27H45NO7. The van der Waals surface area contributed by atoms with Gasteiger partial charge in [0.15, 0.2) is 11.9 Å². The van der Waals surface area contributed by atoms with Gasteiger partial charge in [0.1, 0.15) is 12.7 Å². The highest BCUT2D eigenvalue weighted by molar-refractivity contribution is 5.91. The van der Waals surface area contributed by atoms with Gasteiger partial charge in [-0.3, -0.25) is 4.79 Å². The van der Waals surface area contributed by atoms with Gasteiger partial charge < -0.3 is 19.7 Å². The molecule has 8 nitrogen and oxygen atoms in total. The van der Waals surface area contributed by atoms with E-state index in [4.69, 9.17) is 4.74 Å². The summed E-state index contributed by atoms with van der Waals surface area (Å²) in [6.07, 6.45) is 9.96. The minimum atomic E-state index is -1.49. The second kappa shape index (κ2) is 16.5. The fraction of sp³-hybridized carbons (Fsp3) is 0.778. The average molecular weight is 496 g/mol. The molecule has 0 radical (unpaired) electrons. The molecule has 200 valence electrons. The molecule has 4 atom stereocenters. The number of nitroso groups, excluding NO2 is 1. The first-order chi connectivity index (χ1) is 16.5. The largest absolute Gasteiger partial charge is 0.506 e. The molecule has 1 rings (SSSR count). The minimum Gasteiger partial charge on any atom is -0.506 e. The van der Waals surface area contributed by atoms with Crippen molar-refractivity contribution >= 4 is 11.9 Å². The van der Waals surface area contributed by atoms with Crippen LogP contribution in [0.15, 0.2) is 28.3 Å². The van der Waals surface area contributed by atoms with E-state index in [1.54, 1.807) is 0 Å². The number of nitrogens with zero attached hydrogens (tertiary/aromatic N) is 1. The predicted molar refractivity (Wildman–Crippen MR) is 135 cm³/mol. The number of esters is 2. The normalized spacial score (nSPS) is 19.0. The summed E-state index contributed by atoms with van der Waals surface area (Å²) in [7, 11) is 0. The van der Waals surface area contributed by atoms with Crippen LogP contribution in [-0.4, -0.2) is 41.0 Å². The highest BCUT2D eigenvalue weighted by Gasteiger charge is 2.40. The molecule has 0 spiro atoms. The molecule has 1 heterocycles. The van der Waals surface area contributed by atoms with Gasteiger partial charge in [-0.25, -0.2) is 4.79 Å². The van der Waals surface area contributed by atoms with Crippen molar-refractivity contribution < 1.29 is 29.3 Å². The van der Waals surface area contributed by atoms with Crippen LogP contribution in [0.5, 0.6) is 0 Å². The van der Waals surface area contributed by atoms with Crippen molar-refractivity contribution in [3.8, 4) is 0 Å². The number of rotatable bonds is 18. The van der Waals surface area contributed by atoms with Gasteiger partial charge in [-0.1, -0.05) is 84.3 Å². The van der Waals surface area contributed by atoms with E-state index in [1.165, 1.54) is 38.5 Å². The summed E-state index contributed by atoms with van der Waals surface area (Å²) in [6.45, 7) is 10.8. The Bertz CT molecular complexity index is 744. The number of carbonyl (C=O) groups is 2. The summed E-state index contributed by atoms with van der Waals surface area (Å²) in [6, 6.07) is 0. The molecule has 0 saturated heterocycles. The van der Waals surface area contributed by atoms with Crippen LogP contribution in [0.3, 0.4) is 0 Å². The van der Waals surface area contributed by atoms with Gasteiger partial charge in [0.25, 0.3) is 0 Å². The maximum absolute atomic E-state index is 12.0. The lowest BCUT2D eigenvalue weighted by Gasteiger charge is -2.17. The van der Waals surface area contributed by atoms with Crippen LogP contribution in [0.25, 0.3) is 0 Å². The van der Waals surface area contributed by atoms with Crippen LogP contribution in [0.1, 0.15) is 98.8 Å². The van der Waals surface area contributed by atoms with E-state index < -0.39 is 42.2 Å². The molecule has 1 aliphatic rings. The Labute approximate surface area is 210 Å². The summed E-state index contributed by atoms with van der Waals surface area (Å²) in [4.78, 5) is 33.8. The molecule has 8 heteroatoms. The third kappa shape index (κ3) is 12.3. The van der Waals surface area contributed by atoms with E-state index >= 15 is 0 Å². The van der Waals surface area contributed by atoms with E-state index in [0.717, 1.165) is 36.7 Å². The SMILES string of the molecule is C/C(=C\CC(=O)OCC(O)C1OC(=O)C(N=O)=C1O)CCCC(C)CCCC(C)CCCC(C)C. The summed E-state index contributed by atoms with van der Waals surface area (Å²) in [5.41, 5.74) is 0.334. The lowest BCUT2D eigenvalue weighted by molar-refractivity contribution is -0.153. The maximum atomic E-state index is 12.0. The summed E-state index contributed by atoms with van der Waals surface area (Å²) in [5.74, 6) is -0.106. The fourth-order valence-electron chi connectivity index (χ4n) is 4.20. The smallest absolute Gasteiger partial charge is 0.365 e. The van der Waals surface area contributed by atoms with E-state index in [2.05, 4.69) is 37.6 Å². The Morgan fingerprint density at radius 3 is 2.17 bits per heavy atom. The van der Waals surface area contributed by atoms with Crippen molar-refractivity contribution in [2.45, 2.75) is 111 Å². The van der Waals surface area contributed by atoms with Gasteiger partial charge in [0.05, 0.1) is 6.42 Å². The molecule has 0 fully saturated rings. The van der Waals surface area contributed by atoms with Gasteiger partial charge in [0, 0.05) is 0 Å². The number of hydrogen-bond donors (Lipinski definition) is 2. The number of cyclic esters (lactones) is 1.